The molecule has 204 valence electrons. The van der Waals surface area contributed by atoms with Crippen molar-refractivity contribution in [2.75, 3.05) is 37.7 Å². The van der Waals surface area contributed by atoms with Crippen LogP contribution in [0.1, 0.15) is 75.0 Å². The average Bonchev–Trinajstić information content (AvgIpc) is 3.32. The van der Waals surface area contributed by atoms with Gasteiger partial charge in [-0.25, -0.2) is 19.4 Å². The molecule has 1 aromatic carbocycles. The van der Waals surface area contributed by atoms with E-state index in [9.17, 15) is 4.79 Å². The Labute approximate surface area is 234 Å². The molecule has 3 aromatic rings. The van der Waals surface area contributed by atoms with E-state index in [-0.39, 0.29) is 18.3 Å². The minimum absolute atomic E-state index is 0.160. The Morgan fingerprint density at radius 3 is 2.66 bits per heavy atom. The van der Waals surface area contributed by atoms with Crippen LogP contribution in [0, 0.1) is 5.92 Å². The Balaban J connectivity index is 1.49. The smallest absolute Gasteiger partial charge is 0.361 e. The number of aromatic nitrogens is 4. The van der Waals surface area contributed by atoms with Gasteiger partial charge < -0.3 is 9.64 Å². The van der Waals surface area contributed by atoms with Gasteiger partial charge in [-0.05, 0) is 69.8 Å². The number of esters is 1. The summed E-state index contributed by atoms with van der Waals surface area (Å²) in [5.74, 6) is 0.867. The summed E-state index contributed by atoms with van der Waals surface area (Å²) in [7, 11) is 0. The van der Waals surface area contributed by atoms with Crippen LogP contribution >= 0.6 is 23.2 Å². The van der Waals surface area contributed by atoms with Crippen molar-refractivity contribution in [3.63, 3.8) is 0 Å². The highest BCUT2D eigenvalue weighted by molar-refractivity contribution is 6.35. The molecule has 0 spiro atoms. The maximum atomic E-state index is 12.8. The molecule has 4 heterocycles. The summed E-state index contributed by atoms with van der Waals surface area (Å²) in [6, 6.07) is 5.71. The lowest BCUT2D eigenvalue weighted by Crippen LogP contribution is -2.52. The number of nitrogens with zero attached hydrogens (tertiary/aromatic N) is 6. The van der Waals surface area contributed by atoms with Gasteiger partial charge in [-0.1, -0.05) is 49.0 Å². The molecule has 10 heteroatoms. The molecule has 2 aliphatic heterocycles. The maximum Gasteiger partial charge on any atom is 0.361 e. The number of carbonyl (C=O) groups is 1. The third-order valence-electron chi connectivity index (χ3n) is 8.04. The van der Waals surface area contributed by atoms with Gasteiger partial charge in [0.25, 0.3) is 0 Å². The number of ether oxygens (including phenoxy) is 1. The number of fused-ring (bicyclic) bond motifs is 1. The first kappa shape index (κ1) is 27.2. The summed E-state index contributed by atoms with van der Waals surface area (Å²) in [6.45, 7) is 10.6. The van der Waals surface area contributed by atoms with Gasteiger partial charge in [0.1, 0.15) is 11.3 Å². The number of piperidine rings is 2. The lowest BCUT2D eigenvalue weighted by atomic mass is 9.87. The number of hydrogen-bond acceptors (Lipinski definition) is 7. The first-order valence-electron chi connectivity index (χ1n) is 13.8. The zero-order chi connectivity index (χ0) is 26.8. The van der Waals surface area contributed by atoms with Crippen molar-refractivity contribution < 1.29 is 9.53 Å². The number of carbonyl (C=O) groups excluding carboxylic acids is 1. The number of halogens is 2. The zero-order valence-corrected chi connectivity index (χ0v) is 23.9. The van der Waals surface area contributed by atoms with Gasteiger partial charge in [-0.2, -0.15) is 5.10 Å². The molecule has 0 N–H and O–H groups in total. The molecule has 0 saturated carbocycles. The second kappa shape index (κ2) is 11.8. The predicted octanol–water partition coefficient (Wildman–Crippen LogP) is 6.01. The Morgan fingerprint density at radius 1 is 1.16 bits per heavy atom. The highest BCUT2D eigenvalue weighted by atomic mass is 35.5. The lowest BCUT2D eigenvalue weighted by molar-refractivity contribution is 0.0520. The Bertz CT molecular complexity index is 1290. The minimum atomic E-state index is -0.513. The van der Waals surface area contributed by atoms with Gasteiger partial charge in [0.05, 0.1) is 18.8 Å². The van der Waals surface area contributed by atoms with Crippen LogP contribution in [0.5, 0.6) is 0 Å². The highest BCUT2D eigenvalue weighted by Gasteiger charge is 2.34. The van der Waals surface area contributed by atoms with Crippen LogP contribution in [0.15, 0.2) is 24.4 Å². The fourth-order valence-electron chi connectivity index (χ4n) is 5.99. The lowest BCUT2D eigenvalue weighted by Gasteiger charge is -2.45. The van der Waals surface area contributed by atoms with Crippen LogP contribution in [0.4, 0.5) is 5.82 Å². The van der Waals surface area contributed by atoms with Crippen LogP contribution in [0.25, 0.3) is 11.2 Å². The number of hydrogen-bond donors (Lipinski definition) is 0. The monoisotopic (exact) mass is 558 g/mol. The SMILES string of the molecule is CCOC(=O)c1nn(C(C)c2ccc(Cl)cc2Cl)c2nc(N3CCC(N4CCCCC4)C(CC)C3)cnc12. The molecule has 8 nitrogen and oxygen atoms in total. The van der Waals surface area contributed by atoms with Crippen molar-refractivity contribution in [2.45, 2.75) is 65.0 Å². The van der Waals surface area contributed by atoms with Gasteiger partial charge in [0, 0.05) is 29.2 Å². The van der Waals surface area contributed by atoms with Gasteiger partial charge in [-0.15, -0.1) is 0 Å². The van der Waals surface area contributed by atoms with Gasteiger partial charge in [-0.3, -0.25) is 4.90 Å². The predicted molar refractivity (Wildman–Crippen MR) is 151 cm³/mol. The molecule has 3 unspecified atom stereocenters. The second-order valence-corrected chi connectivity index (χ2v) is 11.2. The summed E-state index contributed by atoms with van der Waals surface area (Å²) in [5, 5.41) is 5.73. The fraction of sp³-hybridized carbons (Fsp3) is 0.571. The molecule has 2 aromatic heterocycles. The Morgan fingerprint density at radius 2 is 1.95 bits per heavy atom. The first-order valence-corrected chi connectivity index (χ1v) is 14.5. The van der Waals surface area contributed by atoms with E-state index in [0.29, 0.717) is 33.2 Å². The van der Waals surface area contributed by atoms with Crippen LogP contribution in [-0.2, 0) is 4.74 Å². The summed E-state index contributed by atoms with van der Waals surface area (Å²) >= 11 is 12.7. The van der Waals surface area contributed by atoms with Crippen LogP contribution in [0.3, 0.4) is 0 Å². The van der Waals surface area contributed by atoms with Crippen molar-refractivity contribution in [3.8, 4) is 0 Å². The molecule has 0 aliphatic carbocycles. The standard InChI is InChI=1S/C28H36Cl2N6O2/c1-4-19-17-35(14-11-23(19)34-12-7-6-8-13-34)24-16-31-25-26(28(37)38-5-2)33-36(27(25)32-24)18(3)21-10-9-20(29)15-22(21)30/h9-10,15-16,18-19,23H,4-8,11-14,17H2,1-3H3. The summed E-state index contributed by atoms with van der Waals surface area (Å²) in [5.41, 5.74) is 1.96. The van der Waals surface area contributed by atoms with E-state index in [1.165, 1.54) is 32.4 Å². The van der Waals surface area contributed by atoms with Crippen LogP contribution < -0.4 is 4.90 Å². The van der Waals surface area contributed by atoms with Crippen molar-refractivity contribution >= 4 is 46.2 Å². The average molecular weight is 560 g/mol. The van der Waals surface area contributed by atoms with Gasteiger partial charge >= 0.3 is 5.97 Å². The van der Waals surface area contributed by atoms with Crippen LogP contribution in [0.2, 0.25) is 10.0 Å². The molecule has 3 atom stereocenters. The molecule has 38 heavy (non-hydrogen) atoms. The quantitative estimate of drug-likeness (QED) is 0.328. The summed E-state index contributed by atoms with van der Waals surface area (Å²) < 4.78 is 7.00. The van der Waals surface area contributed by atoms with E-state index in [0.717, 1.165) is 37.3 Å². The van der Waals surface area contributed by atoms with E-state index in [1.54, 1.807) is 29.9 Å². The van der Waals surface area contributed by atoms with Crippen LogP contribution in [-0.4, -0.2) is 69.4 Å². The molecule has 5 rings (SSSR count). The van der Waals surface area contributed by atoms with E-state index >= 15 is 0 Å². The molecular formula is C28H36Cl2N6O2. The van der Waals surface area contributed by atoms with E-state index < -0.39 is 5.97 Å². The van der Waals surface area contributed by atoms with Gasteiger partial charge in [0.2, 0.25) is 0 Å². The zero-order valence-electron chi connectivity index (χ0n) is 22.4. The largest absolute Gasteiger partial charge is 0.461 e. The molecule has 0 amide bonds. The van der Waals surface area contributed by atoms with Crippen molar-refractivity contribution in [1.29, 1.82) is 0 Å². The first-order chi connectivity index (χ1) is 18.4. The topological polar surface area (TPSA) is 76.4 Å². The Kier molecular flexibility index (Phi) is 8.41. The number of benzene rings is 1. The Hall–Kier alpha value is -2.42. The van der Waals surface area contributed by atoms with E-state index in [2.05, 4.69) is 21.8 Å². The molecule has 0 radical (unpaired) electrons. The molecule has 2 saturated heterocycles. The fourth-order valence-corrected chi connectivity index (χ4v) is 6.56. The van der Waals surface area contributed by atoms with Crippen molar-refractivity contribution in [1.82, 2.24) is 24.6 Å². The number of likely N-dealkylation sites (tertiary alicyclic amines) is 1. The molecular weight excluding hydrogens is 523 g/mol. The minimum Gasteiger partial charge on any atom is -0.461 e. The second-order valence-electron chi connectivity index (χ2n) is 10.3. The number of anilines is 1. The third kappa shape index (κ3) is 5.36. The maximum absolute atomic E-state index is 12.8. The summed E-state index contributed by atoms with van der Waals surface area (Å²) in [6.07, 6.45) is 7.98. The molecule has 0 bridgehead atoms. The third-order valence-corrected chi connectivity index (χ3v) is 8.60. The summed E-state index contributed by atoms with van der Waals surface area (Å²) in [4.78, 5) is 27.6. The van der Waals surface area contributed by atoms with Crippen molar-refractivity contribution in [2.24, 2.45) is 5.92 Å². The molecule has 2 aliphatic rings. The van der Waals surface area contributed by atoms with E-state index in [4.69, 9.17) is 37.9 Å². The van der Waals surface area contributed by atoms with Crippen molar-refractivity contribution in [3.05, 3.63) is 45.7 Å². The number of rotatable bonds is 7. The molecule has 2 fully saturated rings. The van der Waals surface area contributed by atoms with E-state index in [1.807, 2.05) is 13.0 Å². The van der Waals surface area contributed by atoms with Gasteiger partial charge in [0.15, 0.2) is 11.3 Å². The normalized spacial score (nSPS) is 21.6. The highest BCUT2D eigenvalue weighted by Crippen LogP contribution is 2.33.